The largest absolute Gasteiger partial charge is 0.460 e. The SMILES string of the molecule is CC(C)N1CC(Oc2nc3nc(-c4ccc(N5CCOCC5)cc4)c(Cl)cc3[nH]2)CCC1O. The molecule has 1 aromatic carbocycles. The molecule has 2 saturated heterocycles. The van der Waals surface area contributed by atoms with Crippen LogP contribution in [-0.2, 0) is 4.74 Å². The Morgan fingerprint density at radius 3 is 2.64 bits per heavy atom. The van der Waals surface area contributed by atoms with E-state index >= 15 is 0 Å². The number of ether oxygens (including phenoxy) is 2. The molecule has 0 saturated carbocycles. The van der Waals surface area contributed by atoms with Crippen LogP contribution in [0.5, 0.6) is 6.01 Å². The van der Waals surface area contributed by atoms with Gasteiger partial charge < -0.3 is 24.5 Å². The van der Waals surface area contributed by atoms with E-state index < -0.39 is 6.23 Å². The van der Waals surface area contributed by atoms with Gasteiger partial charge in [-0.25, -0.2) is 4.98 Å². The minimum Gasteiger partial charge on any atom is -0.460 e. The molecule has 2 N–H and O–H groups in total. The summed E-state index contributed by atoms with van der Waals surface area (Å²) in [6, 6.07) is 10.8. The molecule has 176 valence electrons. The van der Waals surface area contributed by atoms with Gasteiger partial charge in [0.25, 0.3) is 6.01 Å². The Morgan fingerprint density at radius 2 is 1.91 bits per heavy atom. The molecule has 2 atom stereocenters. The third-order valence-electron chi connectivity index (χ3n) is 6.41. The van der Waals surface area contributed by atoms with Gasteiger partial charge in [-0.2, -0.15) is 4.98 Å². The Hall–Kier alpha value is -2.39. The second-order valence-electron chi connectivity index (χ2n) is 8.97. The maximum absolute atomic E-state index is 10.2. The van der Waals surface area contributed by atoms with Crippen LogP contribution in [0.25, 0.3) is 22.4 Å². The molecule has 0 aliphatic carbocycles. The summed E-state index contributed by atoms with van der Waals surface area (Å²) in [6.45, 7) is 8.12. The van der Waals surface area contributed by atoms with Gasteiger partial charge in [0.1, 0.15) is 12.3 Å². The first-order valence-electron chi connectivity index (χ1n) is 11.6. The average molecular weight is 472 g/mol. The molecule has 5 rings (SSSR count). The Bertz CT molecular complexity index is 1100. The number of fused-ring (bicyclic) bond motifs is 1. The first-order chi connectivity index (χ1) is 16.0. The summed E-state index contributed by atoms with van der Waals surface area (Å²) < 4.78 is 11.6. The second-order valence-corrected chi connectivity index (χ2v) is 9.37. The summed E-state index contributed by atoms with van der Waals surface area (Å²) in [6.07, 6.45) is 0.992. The zero-order chi connectivity index (χ0) is 22.9. The van der Waals surface area contributed by atoms with Crippen LogP contribution in [0.2, 0.25) is 5.02 Å². The lowest BCUT2D eigenvalue weighted by molar-refractivity contribution is -0.0757. The van der Waals surface area contributed by atoms with Crippen molar-refractivity contribution in [3.05, 3.63) is 35.4 Å². The van der Waals surface area contributed by atoms with E-state index in [1.54, 1.807) is 0 Å². The van der Waals surface area contributed by atoms with Crippen LogP contribution in [-0.4, -0.2) is 76.2 Å². The number of nitrogens with one attached hydrogen (secondary N) is 1. The number of aliphatic hydroxyl groups excluding tert-OH is 1. The highest BCUT2D eigenvalue weighted by Gasteiger charge is 2.30. The van der Waals surface area contributed by atoms with Crippen molar-refractivity contribution in [3.8, 4) is 17.3 Å². The zero-order valence-corrected chi connectivity index (χ0v) is 19.8. The number of rotatable bonds is 5. The third-order valence-corrected chi connectivity index (χ3v) is 6.70. The van der Waals surface area contributed by atoms with Crippen molar-refractivity contribution < 1.29 is 14.6 Å². The number of hydrogen-bond acceptors (Lipinski definition) is 7. The number of anilines is 1. The van der Waals surface area contributed by atoms with Crippen molar-refractivity contribution in [2.24, 2.45) is 0 Å². The highest BCUT2D eigenvalue weighted by Crippen LogP contribution is 2.31. The van der Waals surface area contributed by atoms with Crippen molar-refractivity contribution in [1.82, 2.24) is 19.9 Å². The number of piperidine rings is 1. The normalized spacial score (nSPS) is 22.3. The number of halogens is 1. The van der Waals surface area contributed by atoms with Gasteiger partial charge in [-0.15, -0.1) is 0 Å². The van der Waals surface area contributed by atoms with Gasteiger partial charge in [0.2, 0.25) is 0 Å². The van der Waals surface area contributed by atoms with Crippen molar-refractivity contribution in [3.63, 3.8) is 0 Å². The average Bonchev–Trinajstić information content (AvgIpc) is 3.21. The molecule has 0 bridgehead atoms. The van der Waals surface area contributed by atoms with Crippen LogP contribution in [0.15, 0.2) is 30.3 Å². The number of aliphatic hydroxyl groups is 1. The lowest BCUT2D eigenvalue weighted by Gasteiger charge is -2.38. The molecule has 2 fully saturated rings. The molecule has 2 aromatic heterocycles. The van der Waals surface area contributed by atoms with Crippen molar-refractivity contribution in [2.45, 2.75) is 45.1 Å². The second kappa shape index (κ2) is 9.46. The zero-order valence-electron chi connectivity index (χ0n) is 19.0. The molecule has 0 amide bonds. The van der Waals surface area contributed by atoms with Crippen LogP contribution >= 0.6 is 11.6 Å². The van der Waals surface area contributed by atoms with Crippen LogP contribution in [0.3, 0.4) is 0 Å². The topological polar surface area (TPSA) is 86.7 Å². The molecular weight excluding hydrogens is 442 g/mol. The molecule has 9 heteroatoms. The van der Waals surface area contributed by atoms with Crippen LogP contribution in [0.1, 0.15) is 26.7 Å². The Kier molecular flexibility index (Phi) is 6.42. The Balaban J connectivity index is 1.34. The number of nitrogens with zero attached hydrogens (tertiary/aromatic N) is 4. The smallest absolute Gasteiger partial charge is 0.296 e. The molecular formula is C24H30ClN5O3. The molecule has 0 radical (unpaired) electrons. The summed E-state index contributed by atoms with van der Waals surface area (Å²) >= 11 is 6.58. The fourth-order valence-corrected chi connectivity index (χ4v) is 4.82. The maximum Gasteiger partial charge on any atom is 0.296 e. The molecule has 8 nitrogen and oxygen atoms in total. The monoisotopic (exact) mass is 471 g/mol. The molecule has 3 aromatic rings. The van der Waals surface area contributed by atoms with Gasteiger partial charge in [-0.05, 0) is 44.9 Å². The lowest BCUT2D eigenvalue weighted by Crippen LogP contribution is -2.50. The number of pyridine rings is 1. The predicted octanol–water partition coefficient (Wildman–Crippen LogP) is 3.68. The van der Waals surface area contributed by atoms with Crippen LogP contribution in [0, 0.1) is 0 Å². The number of aromatic amines is 1. The van der Waals surface area contributed by atoms with Gasteiger partial charge >= 0.3 is 0 Å². The highest BCUT2D eigenvalue weighted by atomic mass is 35.5. The molecule has 33 heavy (non-hydrogen) atoms. The molecule has 2 unspecified atom stereocenters. The van der Waals surface area contributed by atoms with Crippen molar-refractivity contribution in [2.75, 3.05) is 37.7 Å². The summed E-state index contributed by atoms with van der Waals surface area (Å²) in [5.74, 6) is 0. The number of imidazole rings is 1. The lowest BCUT2D eigenvalue weighted by atomic mass is 10.1. The van der Waals surface area contributed by atoms with Gasteiger partial charge in [0, 0.05) is 36.9 Å². The minimum absolute atomic E-state index is 0.0426. The number of aromatic nitrogens is 3. The van der Waals surface area contributed by atoms with Crippen LogP contribution in [0.4, 0.5) is 5.69 Å². The molecule has 2 aliphatic heterocycles. The van der Waals surface area contributed by atoms with Gasteiger partial charge in [0.05, 0.1) is 29.4 Å². The summed E-state index contributed by atoms with van der Waals surface area (Å²) in [7, 11) is 0. The summed E-state index contributed by atoms with van der Waals surface area (Å²) in [5, 5.41) is 10.8. The van der Waals surface area contributed by atoms with Gasteiger partial charge in [-0.1, -0.05) is 23.7 Å². The maximum atomic E-state index is 10.2. The molecule has 4 heterocycles. The van der Waals surface area contributed by atoms with E-state index in [2.05, 4.69) is 40.8 Å². The van der Waals surface area contributed by atoms with Gasteiger partial charge in [-0.3, -0.25) is 4.90 Å². The number of morpholine rings is 1. The number of likely N-dealkylation sites (tertiary alicyclic amines) is 1. The first kappa shape index (κ1) is 22.4. The fourth-order valence-electron chi connectivity index (χ4n) is 4.56. The molecule has 2 aliphatic rings. The van der Waals surface area contributed by atoms with E-state index in [1.165, 1.54) is 5.69 Å². The number of benzene rings is 1. The number of H-pyrrole nitrogens is 1. The first-order valence-corrected chi connectivity index (χ1v) is 12.0. The van der Waals surface area contributed by atoms with E-state index in [1.807, 2.05) is 23.1 Å². The Labute approximate surface area is 198 Å². The standard InChI is InChI=1S/C24H30ClN5O3/c1-15(2)30-14-18(7-8-21(30)31)33-24-26-20-13-19(25)22(27-23(20)28-24)16-3-5-17(6-4-16)29-9-11-32-12-10-29/h3-6,13,15,18,21,31H,7-12,14H2,1-2H3,(H,26,27,28). The highest BCUT2D eigenvalue weighted by molar-refractivity contribution is 6.33. The minimum atomic E-state index is -0.418. The Morgan fingerprint density at radius 1 is 1.15 bits per heavy atom. The number of hydrogen-bond donors (Lipinski definition) is 2. The van der Waals surface area contributed by atoms with Crippen molar-refractivity contribution in [1.29, 1.82) is 0 Å². The van der Waals surface area contributed by atoms with E-state index in [4.69, 9.17) is 26.1 Å². The third kappa shape index (κ3) is 4.80. The quantitative estimate of drug-likeness (QED) is 0.586. The van der Waals surface area contributed by atoms with E-state index in [0.29, 0.717) is 35.3 Å². The predicted molar refractivity (Wildman–Crippen MR) is 129 cm³/mol. The molecule has 0 spiro atoms. The van der Waals surface area contributed by atoms with E-state index in [0.717, 1.165) is 43.8 Å². The van der Waals surface area contributed by atoms with Gasteiger partial charge in [0.15, 0.2) is 5.65 Å². The van der Waals surface area contributed by atoms with Crippen LogP contribution < -0.4 is 9.64 Å². The summed E-state index contributed by atoms with van der Waals surface area (Å²) in [4.78, 5) is 16.8. The fraction of sp³-hybridized carbons (Fsp3) is 0.500. The van der Waals surface area contributed by atoms with E-state index in [-0.39, 0.29) is 12.1 Å². The summed E-state index contributed by atoms with van der Waals surface area (Å²) in [5.41, 5.74) is 4.11. The van der Waals surface area contributed by atoms with Crippen molar-refractivity contribution >= 4 is 28.5 Å². The van der Waals surface area contributed by atoms with E-state index in [9.17, 15) is 5.11 Å².